The fourth-order valence-corrected chi connectivity index (χ4v) is 2.71. The molecule has 33 heavy (non-hydrogen) atoms. The number of carbonyl (C=O) groups is 2. The Balaban J connectivity index is 1.69. The first-order valence-corrected chi connectivity index (χ1v) is 9.08. The van der Waals surface area contributed by atoms with Crippen molar-refractivity contribution in [3.63, 3.8) is 0 Å². The van der Waals surface area contributed by atoms with Gasteiger partial charge in [-0.15, -0.1) is 13.2 Å². The number of alkyl halides is 3. The molecule has 1 heterocycles. The van der Waals surface area contributed by atoms with E-state index in [1.54, 1.807) is 0 Å². The molecular formula is C20H15F3N4O6. The summed E-state index contributed by atoms with van der Waals surface area (Å²) in [6, 6.07) is 10.3. The van der Waals surface area contributed by atoms with Crippen LogP contribution in [-0.4, -0.2) is 38.5 Å². The van der Waals surface area contributed by atoms with E-state index in [1.165, 1.54) is 36.4 Å². The molecule has 5 N–H and O–H groups in total. The van der Waals surface area contributed by atoms with Crippen molar-refractivity contribution < 1.29 is 37.7 Å². The number of nitrogens with zero attached hydrogens (tertiary/aromatic N) is 1. The molecule has 0 saturated heterocycles. The molecule has 2 aromatic carbocycles. The molecule has 0 aliphatic heterocycles. The number of hydrogen-bond donors (Lipinski definition) is 5. The quantitative estimate of drug-likeness (QED) is 0.376. The van der Waals surface area contributed by atoms with Gasteiger partial charge in [-0.05, 0) is 29.8 Å². The van der Waals surface area contributed by atoms with E-state index in [-0.39, 0.29) is 23.6 Å². The number of ether oxygens (including phenoxy) is 1. The van der Waals surface area contributed by atoms with Gasteiger partial charge in [-0.1, -0.05) is 24.3 Å². The molecule has 0 spiro atoms. The van der Waals surface area contributed by atoms with Crippen LogP contribution in [0.4, 0.5) is 23.7 Å². The maximum absolute atomic E-state index is 12.3. The van der Waals surface area contributed by atoms with Gasteiger partial charge in [0.05, 0.1) is 0 Å². The van der Waals surface area contributed by atoms with E-state index in [4.69, 9.17) is 5.11 Å². The van der Waals surface area contributed by atoms with Crippen LogP contribution in [0.25, 0.3) is 11.4 Å². The second kappa shape index (κ2) is 9.30. The lowest BCUT2D eigenvalue weighted by molar-refractivity contribution is -0.274. The molecule has 0 unspecified atom stereocenters. The van der Waals surface area contributed by atoms with Gasteiger partial charge in [-0.25, -0.2) is 14.6 Å². The molecule has 10 nitrogen and oxygen atoms in total. The number of halogens is 3. The normalized spacial score (nSPS) is 11.0. The number of urea groups is 1. The molecule has 172 valence electrons. The number of rotatable bonds is 6. The zero-order valence-electron chi connectivity index (χ0n) is 16.4. The van der Waals surface area contributed by atoms with E-state index in [0.717, 1.165) is 12.1 Å². The minimum Gasteiger partial charge on any atom is -0.501 e. The monoisotopic (exact) mass is 464 g/mol. The number of carbonyl (C=O) groups excluding carboxylic acids is 1. The lowest BCUT2D eigenvalue weighted by Crippen LogP contribution is -2.28. The Morgan fingerprint density at radius 3 is 2.55 bits per heavy atom. The minimum absolute atomic E-state index is 0.102. The number of carboxylic acids is 1. The number of aromatic hydroxyl groups is 1. The summed E-state index contributed by atoms with van der Waals surface area (Å²) in [4.78, 5) is 41.0. The summed E-state index contributed by atoms with van der Waals surface area (Å²) in [7, 11) is 0. The zero-order valence-corrected chi connectivity index (χ0v) is 16.4. The number of aromatic nitrogens is 2. The second-order valence-electron chi connectivity index (χ2n) is 6.50. The van der Waals surface area contributed by atoms with Gasteiger partial charge in [-0.3, -0.25) is 4.79 Å². The molecule has 0 radical (unpaired) electrons. The number of anilines is 1. The number of benzene rings is 2. The predicted molar refractivity (Wildman–Crippen MR) is 108 cm³/mol. The standard InChI is InChI=1S/C20H15F3N4O6/c21-20(22,23)33-13-6-1-3-10(7-13)9-24-19(32)25-12-5-2-4-11(8-12)16-26-14(18(30)31)15(28)17(29)27-16/h1-8,28H,9H2,(H,30,31)(H2,24,25,32)(H,26,27,29). The van der Waals surface area contributed by atoms with Crippen LogP contribution in [0, 0.1) is 0 Å². The van der Waals surface area contributed by atoms with Crippen molar-refractivity contribution in [1.29, 1.82) is 0 Å². The van der Waals surface area contributed by atoms with Crippen LogP contribution in [-0.2, 0) is 6.54 Å². The van der Waals surface area contributed by atoms with Crippen molar-refractivity contribution in [2.24, 2.45) is 0 Å². The number of H-pyrrole nitrogens is 1. The fraction of sp³-hybridized carbons (Fsp3) is 0.100. The Labute approximate surface area is 182 Å². The highest BCUT2D eigenvalue weighted by molar-refractivity contribution is 5.90. The Hall–Kier alpha value is -4.55. The van der Waals surface area contributed by atoms with Gasteiger partial charge < -0.3 is 30.6 Å². The van der Waals surface area contributed by atoms with Gasteiger partial charge in [0.25, 0.3) is 5.56 Å². The average Bonchev–Trinajstić information content (AvgIpc) is 2.73. The molecule has 13 heteroatoms. The molecule has 0 atom stereocenters. The fourth-order valence-electron chi connectivity index (χ4n) is 2.71. The summed E-state index contributed by atoms with van der Waals surface area (Å²) in [6.07, 6.45) is -4.84. The topological polar surface area (TPSA) is 154 Å². The van der Waals surface area contributed by atoms with Crippen molar-refractivity contribution in [3.8, 4) is 22.9 Å². The first kappa shape index (κ1) is 23.1. The molecule has 2 amide bonds. The zero-order chi connectivity index (χ0) is 24.2. The predicted octanol–water partition coefficient (Wildman–Crippen LogP) is 3.06. The maximum Gasteiger partial charge on any atom is 0.573 e. The van der Waals surface area contributed by atoms with E-state index < -0.39 is 41.1 Å². The number of aromatic carboxylic acids is 1. The number of hydrogen-bond acceptors (Lipinski definition) is 6. The van der Waals surface area contributed by atoms with Crippen LogP contribution in [0.15, 0.2) is 53.3 Å². The van der Waals surface area contributed by atoms with E-state index >= 15 is 0 Å². The summed E-state index contributed by atoms with van der Waals surface area (Å²) in [6.45, 7) is -0.102. The lowest BCUT2D eigenvalue weighted by Gasteiger charge is -2.11. The van der Waals surface area contributed by atoms with E-state index in [0.29, 0.717) is 5.56 Å². The third-order valence-electron chi connectivity index (χ3n) is 4.08. The average molecular weight is 464 g/mol. The highest BCUT2D eigenvalue weighted by Gasteiger charge is 2.31. The van der Waals surface area contributed by atoms with Crippen LogP contribution >= 0.6 is 0 Å². The molecule has 0 fully saturated rings. The summed E-state index contributed by atoms with van der Waals surface area (Å²) in [5.74, 6) is -3.21. The van der Waals surface area contributed by atoms with Crippen molar-refractivity contribution in [2.45, 2.75) is 12.9 Å². The lowest BCUT2D eigenvalue weighted by atomic mass is 10.2. The van der Waals surface area contributed by atoms with Gasteiger partial charge in [0, 0.05) is 17.8 Å². The Bertz CT molecular complexity index is 1260. The van der Waals surface area contributed by atoms with Gasteiger partial charge in [-0.2, -0.15) is 0 Å². The van der Waals surface area contributed by atoms with Gasteiger partial charge in [0.2, 0.25) is 5.75 Å². The number of carboxylic acid groups (broad SMARTS) is 1. The Kier molecular flexibility index (Phi) is 6.51. The molecular weight excluding hydrogens is 449 g/mol. The highest BCUT2D eigenvalue weighted by atomic mass is 19.4. The highest BCUT2D eigenvalue weighted by Crippen LogP contribution is 2.23. The van der Waals surface area contributed by atoms with Crippen LogP contribution in [0.2, 0.25) is 0 Å². The van der Waals surface area contributed by atoms with Crippen molar-refractivity contribution in [1.82, 2.24) is 15.3 Å². The number of aromatic amines is 1. The van der Waals surface area contributed by atoms with Crippen molar-refractivity contribution in [2.75, 3.05) is 5.32 Å². The molecule has 0 saturated carbocycles. The number of amides is 2. The third kappa shape index (κ3) is 6.22. The molecule has 3 aromatic rings. The van der Waals surface area contributed by atoms with Crippen molar-refractivity contribution in [3.05, 3.63) is 70.1 Å². The largest absolute Gasteiger partial charge is 0.573 e. The van der Waals surface area contributed by atoms with E-state index in [9.17, 15) is 32.7 Å². The molecule has 1 aromatic heterocycles. The van der Waals surface area contributed by atoms with Crippen LogP contribution in [0.3, 0.4) is 0 Å². The summed E-state index contributed by atoms with van der Waals surface area (Å²) in [5.41, 5.74) is -1.05. The Morgan fingerprint density at radius 1 is 1.12 bits per heavy atom. The van der Waals surface area contributed by atoms with Crippen LogP contribution < -0.4 is 20.9 Å². The van der Waals surface area contributed by atoms with Gasteiger partial charge in [0.1, 0.15) is 11.6 Å². The van der Waals surface area contributed by atoms with Crippen molar-refractivity contribution >= 4 is 17.7 Å². The summed E-state index contributed by atoms with van der Waals surface area (Å²) >= 11 is 0. The van der Waals surface area contributed by atoms with Crippen LogP contribution in [0.5, 0.6) is 11.5 Å². The second-order valence-corrected chi connectivity index (χ2v) is 6.50. The number of nitrogens with one attached hydrogen (secondary N) is 3. The third-order valence-corrected chi connectivity index (χ3v) is 4.08. The maximum atomic E-state index is 12.3. The van der Waals surface area contributed by atoms with Gasteiger partial charge in [0.15, 0.2) is 5.69 Å². The Morgan fingerprint density at radius 2 is 1.85 bits per heavy atom. The van der Waals surface area contributed by atoms with Crippen LogP contribution in [0.1, 0.15) is 16.1 Å². The van der Waals surface area contributed by atoms with E-state index in [2.05, 4.69) is 25.3 Å². The smallest absolute Gasteiger partial charge is 0.501 e. The van der Waals surface area contributed by atoms with E-state index in [1.807, 2.05) is 0 Å². The first-order valence-electron chi connectivity index (χ1n) is 9.08. The molecule has 0 bridgehead atoms. The SMILES string of the molecule is O=C(NCc1cccc(OC(F)(F)F)c1)Nc1cccc(-c2nc(C(=O)O)c(O)c(=O)[nH]2)c1. The molecule has 3 rings (SSSR count). The molecule has 0 aliphatic rings. The van der Waals surface area contributed by atoms with Gasteiger partial charge >= 0.3 is 18.4 Å². The first-order chi connectivity index (χ1) is 15.5. The molecule has 0 aliphatic carbocycles. The minimum atomic E-state index is -4.84. The summed E-state index contributed by atoms with van der Waals surface area (Å²) < 4.78 is 40.8. The summed E-state index contributed by atoms with van der Waals surface area (Å²) in [5, 5.41) is 23.5.